The van der Waals surface area contributed by atoms with Crippen LogP contribution in [-0.2, 0) is 16.6 Å². The van der Waals surface area contributed by atoms with Gasteiger partial charge in [0, 0.05) is 22.4 Å². The average Bonchev–Trinajstić information content (AvgIpc) is 3.51. The number of sulfonamides is 1. The summed E-state index contributed by atoms with van der Waals surface area (Å²) in [6.07, 6.45) is 1.75. The first-order valence-electron chi connectivity index (χ1n) is 10.9. The van der Waals surface area contributed by atoms with Gasteiger partial charge in [-0.25, -0.2) is 32.3 Å². The second-order valence-electron chi connectivity index (χ2n) is 7.93. The smallest absolute Gasteiger partial charge is 0.333 e. The van der Waals surface area contributed by atoms with E-state index in [1.807, 2.05) is 4.72 Å². The quantitative estimate of drug-likeness (QED) is 0.196. The number of nitrogens with one attached hydrogen (secondary N) is 4. The third kappa shape index (κ3) is 6.07. The van der Waals surface area contributed by atoms with E-state index in [-0.39, 0.29) is 19.9 Å². The monoisotopic (exact) mass is 666 g/mol. The van der Waals surface area contributed by atoms with Gasteiger partial charge in [-0.05, 0) is 70.5 Å². The fourth-order valence-corrected chi connectivity index (χ4v) is 7.27. The number of urea groups is 1. The molecule has 0 unspecified atom stereocenters. The molecule has 5 rings (SSSR count). The minimum atomic E-state index is -4.09. The first-order chi connectivity index (χ1) is 18.6. The summed E-state index contributed by atoms with van der Waals surface area (Å²) in [5, 5.41) is 5.94. The minimum absolute atomic E-state index is 0.108. The van der Waals surface area contributed by atoms with Crippen molar-refractivity contribution in [3.8, 4) is 5.69 Å². The molecule has 0 bridgehead atoms. The largest absolute Gasteiger partial charge is 0.380 e. The molecule has 0 aliphatic carbocycles. The molecule has 200 valence electrons. The van der Waals surface area contributed by atoms with Gasteiger partial charge < -0.3 is 15.6 Å². The molecule has 2 amide bonds. The van der Waals surface area contributed by atoms with E-state index in [2.05, 4.69) is 36.5 Å². The third-order valence-corrected chi connectivity index (χ3v) is 9.84. The van der Waals surface area contributed by atoms with E-state index in [0.29, 0.717) is 17.4 Å². The number of thiophene rings is 1. The molecular formula is C23H16BrClN6O5S3. The van der Waals surface area contributed by atoms with E-state index in [1.54, 1.807) is 24.4 Å². The predicted molar refractivity (Wildman–Crippen MR) is 156 cm³/mol. The molecule has 0 saturated carbocycles. The average molecular weight is 668 g/mol. The Bertz CT molecular complexity index is 1930. The van der Waals surface area contributed by atoms with Gasteiger partial charge in [-0.15, -0.1) is 22.7 Å². The van der Waals surface area contributed by atoms with E-state index in [4.69, 9.17) is 11.6 Å². The van der Waals surface area contributed by atoms with Crippen LogP contribution in [0.15, 0.2) is 78.5 Å². The van der Waals surface area contributed by atoms with Crippen LogP contribution >= 0.6 is 50.2 Å². The topological polar surface area (TPSA) is 155 Å². The summed E-state index contributed by atoms with van der Waals surface area (Å²) in [7, 11) is -4.09. The molecular weight excluding hydrogens is 652 g/mol. The lowest BCUT2D eigenvalue weighted by atomic mass is 10.2. The Morgan fingerprint density at radius 3 is 2.46 bits per heavy atom. The summed E-state index contributed by atoms with van der Waals surface area (Å²) in [5.41, 5.74) is 0.427. The Labute approximate surface area is 241 Å². The van der Waals surface area contributed by atoms with Crippen molar-refractivity contribution in [1.82, 2.24) is 19.3 Å². The van der Waals surface area contributed by atoms with Gasteiger partial charge in [0.25, 0.3) is 15.6 Å². The van der Waals surface area contributed by atoms with Crippen molar-refractivity contribution >= 4 is 88.5 Å². The molecule has 0 aliphatic rings. The molecule has 0 radical (unpaired) electrons. The van der Waals surface area contributed by atoms with Crippen molar-refractivity contribution in [2.75, 3.05) is 10.6 Å². The number of hydrogen-bond acceptors (Lipinski definition) is 9. The summed E-state index contributed by atoms with van der Waals surface area (Å²) in [5.74, 6) is 0. The molecule has 5 aromatic rings. The highest BCUT2D eigenvalue weighted by atomic mass is 79.9. The maximum absolute atomic E-state index is 13.2. The van der Waals surface area contributed by atoms with Crippen LogP contribution in [0.5, 0.6) is 0 Å². The highest BCUT2D eigenvalue weighted by Crippen LogP contribution is 2.25. The van der Waals surface area contributed by atoms with Crippen LogP contribution in [-0.4, -0.2) is 29.0 Å². The van der Waals surface area contributed by atoms with Crippen LogP contribution in [0.1, 0.15) is 4.88 Å². The Hall–Kier alpha value is -3.50. The first kappa shape index (κ1) is 27.1. The molecule has 0 atom stereocenters. The number of thiazole rings is 1. The lowest BCUT2D eigenvalue weighted by Crippen LogP contribution is -2.34. The molecule has 0 fully saturated rings. The summed E-state index contributed by atoms with van der Waals surface area (Å²) in [6, 6.07) is 12.5. The number of fused-ring (bicyclic) bond motifs is 1. The maximum atomic E-state index is 13.2. The zero-order chi connectivity index (χ0) is 27.7. The van der Waals surface area contributed by atoms with Gasteiger partial charge in [0.1, 0.15) is 4.21 Å². The van der Waals surface area contributed by atoms with Gasteiger partial charge in [0.2, 0.25) is 0 Å². The van der Waals surface area contributed by atoms with Crippen molar-refractivity contribution in [3.05, 3.63) is 94.8 Å². The highest BCUT2D eigenvalue weighted by molar-refractivity contribution is 9.11. The Kier molecular flexibility index (Phi) is 7.59. The van der Waals surface area contributed by atoms with Crippen LogP contribution in [0.2, 0.25) is 4.34 Å². The number of anilines is 2. The number of aromatic nitrogens is 3. The van der Waals surface area contributed by atoms with Gasteiger partial charge in [0.05, 0.1) is 27.5 Å². The molecule has 4 N–H and O–H groups in total. The number of rotatable bonds is 7. The van der Waals surface area contributed by atoms with Crippen molar-refractivity contribution in [3.63, 3.8) is 0 Å². The van der Waals surface area contributed by atoms with Crippen LogP contribution in [0.4, 0.5) is 16.2 Å². The second kappa shape index (κ2) is 10.9. The molecule has 3 heterocycles. The molecule has 2 aromatic carbocycles. The first-order valence-corrected chi connectivity index (χ1v) is 15.2. The van der Waals surface area contributed by atoms with E-state index in [0.717, 1.165) is 30.4 Å². The van der Waals surface area contributed by atoms with Gasteiger partial charge in [0.15, 0.2) is 3.92 Å². The molecule has 11 nitrogen and oxygen atoms in total. The second-order valence-corrected chi connectivity index (χ2v) is 13.9. The van der Waals surface area contributed by atoms with E-state index in [1.165, 1.54) is 47.7 Å². The van der Waals surface area contributed by atoms with E-state index >= 15 is 0 Å². The van der Waals surface area contributed by atoms with E-state index < -0.39 is 27.3 Å². The number of nitrogens with zero attached hydrogens (tertiary/aromatic N) is 2. The van der Waals surface area contributed by atoms with Gasteiger partial charge in [-0.3, -0.25) is 4.79 Å². The van der Waals surface area contributed by atoms with Crippen molar-refractivity contribution in [1.29, 1.82) is 0 Å². The SMILES string of the molecule is O=C(Nc1ccc(-n2c(=O)[nH]c3cc(NCc4cnc(Br)s4)ccc3c2=O)cc1)NS(=O)(=O)c1ccc(Cl)s1. The van der Waals surface area contributed by atoms with Crippen LogP contribution in [0, 0.1) is 0 Å². The van der Waals surface area contributed by atoms with Crippen molar-refractivity contribution < 1.29 is 13.2 Å². The number of benzene rings is 2. The fraction of sp³-hybridized carbons (Fsp3) is 0.0435. The summed E-state index contributed by atoms with van der Waals surface area (Å²) >= 11 is 11.4. The number of amides is 2. The zero-order valence-corrected chi connectivity index (χ0v) is 24.2. The molecule has 16 heteroatoms. The van der Waals surface area contributed by atoms with Crippen molar-refractivity contribution in [2.45, 2.75) is 10.8 Å². The lowest BCUT2D eigenvalue weighted by molar-refractivity contribution is 0.256. The lowest BCUT2D eigenvalue weighted by Gasteiger charge is -2.10. The Morgan fingerprint density at radius 1 is 1.05 bits per heavy atom. The number of H-pyrrole nitrogens is 1. The molecule has 0 spiro atoms. The number of halogens is 2. The van der Waals surface area contributed by atoms with E-state index in [9.17, 15) is 22.8 Å². The molecule has 39 heavy (non-hydrogen) atoms. The standard InChI is InChI=1S/C23H16BrClN6O5S3/c24-21-27-11-15(37-21)10-26-13-3-6-16-17(9-13)29-23(34)31(20(16)32)14-4-1-12(2-5-14)28-22(33)30-39(35,36)19-8-7-18(25)38-19/h1-9,11,26H,10H2,(H,29,34)(H2,28,30,33). The predicted octanol–water partition coefficient (Wildman–Crippen LogP) is 4.74. The molecule has 0 aliphatic heterocycles. The van der Waals surface area contributed by atoms with Gasteiger partial charge in [-0.1, -0.05) is 11.6 Å². The maximum Gasteiger partial charge on any atom is 0.333 e. The normalized spacial score (nSPS) is 11.4. The number of carbonyl (C=O) groups excluding carboxylic acids is 1. The highest BCUT2D eigenvalue weighted by Gasteiger charge is 2.20. The van der Waals surface area contributed by atoms with Crippen LogP contribution in [0.25, 0.3) is 16.6 Å². The third-order valence-electron chi connectivity index (χ3n) is 5.31. The van der Waals surface area contributed by atoms with Gasteiger partial charge >= 0.3 is 11.7 Å². The number of aromatic amines is 1. The summed E-state index contributed by atoms with van der Waals surface area (Å²) in [6.45, 7) is 0.531. The fourth-order valence-electron chi connectivity index (χ4n) is 3.58. The summed E-state index contributed by atoms with van der Waals surface area (Å²) < 4.78 is 28.4. The molecule has 0 saturated heterocycles. The Balaban J connectivity index is 1.32. The summed E-state index contributed by atoms with van der Waals surface area (Å²) in [4.78, 5) is 46.1. The molecule has 3 aromatic heterocycles. The van der Waals surface area contributed by atoms with Crippen LogP contribution < -0.4 is 26.6 Å². The van der Waals surface area contributed by atoms with Gasteiger partial charge in [-0.2, -0.15) is 0 Å². The van der Waals surface area contributed by atoms with Crippen molar-refractivity contribution in [2.24, 2.45) is 0 Å². The van der Waals surface area contributed by atoms with Crippen LogP contribution in [0.3, 0.4) is 0 Å². The number of carbonyl (C=O) groups is 1. The Morgan fingerprint density at radius 2 is 1.79 bits per heavy atom. The zero-order valence-electron chi connectivity index (χ0n) is 19.4. The number of hydrogen-bond donors (Lipinski definition) is 4. The minimum Gasteiger partial charge on any atom is -0.380 e.